The third kappa shape index (κ3) is 5.25. The summed E-state index contributed by atoms with van der Waals surface area (Å²) >= 11 is 0. The van der Waals surface area contributed by atoms with E-state index < -0.39 is 17.8 Å². The Labute approximate surface area is 143 Å². The Kier molecular flexibility index (Phi) is 7.09. The van der Waals surface area contributed by atoms with Crippen molar-refractivity contribution in [1.29, 1.82) is 0 Å². The number of unbranched alkanes of at least 4 members (excludes halogenated alkanes) is 1. The molecule has 0 spiro atoms. The number of amides is 1. The molecule has 2 rings (SSSR count). The molecule has 1 fully saturated rings. The van der Waals surface area contributed by atoms with Gasteiger partial charge >= 0.3 is 5.97 Å². The van der Waals surface area contributed by atoms with E-state index in [0.717, 1.165) is 37.0 Å². The molecule has 0 heterocycles. The number of hydrogen-bond acceptors (Lipinski definition) is 3. The van der Waals surface area contributed by atoms with Crippen molar-refractivity contribution in [2.24, 2.45) is 11.8 Å². The summed E-state index contributed by atoms with van der Waals surface area (Å²) in [6, 6.07) is 7.66. The van der Waals surface area contributed by atoms with E-state index in [-0.39, 0.29) is 5.91 Å². The Bertz CT molecular complexity index is 541. The summed E-state index contributed by atoms with van der Waals surface area (Å²) in [5.41, 5.74) is 0.980. The summed E-state index contributed by atoms with van der Waals surface area (Å²) in [6.45, 7) is 3.25. The number of hydrogen-bond donors (Lipinski definition) is 2. The topological polar surface area (TPSA) is 75.6 Å². The lowest BCUT2D eigenvalue weighted by Crippen LogP contribution is -2.39. The first-order valence-electron chi connectivity index (χ1n) is 8.84. The van der Waals surface area contributed by atoms with Crippen molar-refractivity contribution in [2.45, 2.75) is 52.0 Å². The second kappa shape index (κ2) is 9.30. The molecule has 5 nitrogen and oxygen atoms in total. The average molecular weight is 333 g/mol. The van der Waals surface area contributed by atoms with Gasteiger partial charge in [-0.15, -0.1) is 0 Å². The zero-order valence-corrected chi connectivity index (χ0v) is 14.3. The maximum Gasteiger partial charge on any atom is 0.307 e. The van der Waals surface area contributed by atoms with Crippen LogP contribution in [0.15, 0.2) is 24.3 Å². The van der Waals surface area contributed by atoms with Gasteiger partial charge in [0.1, 0.15) is 5.75 Å². The van der Waals surface area contributed by atoms with Crippen molar-refractivity contribution in [3.8, 4) is 5.75 Å². The fourth-order valence-corrected chi connectivity index (χ4v) is 3.10. The minimum Gasteiger partial charge on any atom is -0.494 e. The van der Waals surface area contributed by atoms with Gasteiger partial charge < -0.3 is 15.2 Å². The quantitative estimate of drug-likeness (QED) is 0.715. The van der Waals surface area contributed by atoms with Crippen LogP contribution in [0.25, 0.3) is 0 Å². The molecule has 1 aromatic carbocycles. The molecule has 1 aliphatic rings. The SMILES string of the molecule is CCCCOc1ccc(CNC(=O)[C@H]2CCCC[C@@H]2C(=O)O)cc1. The number of benzene rings is 1. The van der Waals surface area contributed by atoms with E-state index in [2.05, 4.69) is 12.2 Å². The van der Waals surface area contributed by atoms with Crippen LogP contribution in [-0.4, -0.2) is 23.6 Å². The first kappa shape index (κ1) is 18.3. The van der Waals surface area contributed by atoms with Gasteiger partial charge in [-0.3, -0.25) is 9.59 Å². The van der Waals surface area contributed by atoms with E-state index in [1.165, 1.54) is 0 Å². The van der Waals surface area contributed by atoms with Crippen LogP contribution < -0.4 is 10.1 Å². The molecule has 2 N–H and O–H groups in total. The number of ether oxygens (including phenoxy) is 1. The number of nitrogens with one attached hydrogen (secondary N) is 1. The van der Waals surface area contributed by atoms with Gasteiger partial charge in [0.15, 0.2) is 0 Å². The van der Waals surface area contributed by atoms with Gasteiger partial charge in [-0.1, -0.05) is 38.3 Å². The van der Waals surface area contributed by atoms with E-state index in [9.17, 15) is 14.7 Å². The lowest BCUT2D eigenvalue weighted by Gasteiger charge is -2.27. The van der Waals surface area contributed by atoms with Crippen molar-refractivity contribution in [2.75, 3.05) is 6.61 Å². The van der Waals surface area contributed by atoms with Crippen LogP contribution in [-0.2, 0) is 16.1 Å². The molecule has 0 radical (unpaired) electrons. The molecule has 0 bridgehead atoms. The molecule has 0 aromatic heterocycles. The second-order valence-corrected chi connectivity index (χ2v) is 6.40. The fraction of sp³-hybridized carbons (Fsp3) is 0.579. The zero-order chi connectivity index (χ0) is 17.4. The minimum absolute atomic E-state index is 0.148. The zero-order valence-electron chi connectivity index (χ0n) is 14.3. The Morgan fingerprint density at radius 1 is 1.17 bits per heavy atom. The molecule has 1 amide bonds. The number of carbonyl (C=O) groups is 2. The van der Waals surface area contributed by atoms with E-state index >= 15 is 0 Å². The summed E-state index contributed by atoms with van der Waals surface area (Å²) in [5.74, 6) is -1.13. The van der Waals surface area contributed by atoms with Crippen LogP contribution in [0.4, 0.5) is 0 Å². The van der Waals surface area contributed by atoms with Crippen molar-refractivity contribution in [3.63, 3.8) is 0 Å². The molecular formula is C19H27NO4. The summed E-state index contributed by atoms with van der Waals surface area (Å²) in [7, 11) is 0. The predicted molar refractivity (Wildman–Crippen MR) is 91.8 cm³/mol. The number of rotatable bonds is 8. The van der Waals surface area contributed by atoms with E-state index in [0.29, 0.717) is 26.0 Å². The van der Waals surface area contributed by atoms with Crippen LogP contribution in [0, 0.1) is 11.8 Å². The number of carboxylic acids is 1. The molecule has 132 valence electrons. The molecule has 2 atom stereocenters. The van der Waals surface area contributed by atoms with Gasteiger partial charge in [0.2, 0.25) is 5.91 Å². The van der Waals surface area contributed by atoms with Gasteiger partial charge in [0.05, 0.1) is 18.4 Å². The van der Waals surface area contributed by atoms with Crippen molar-refractivity contribution in [1.82, 2.24) is 5.32 Å². The van der Waals surface area contributed by atoms with Crippen molar-refractivity contribution in [3.05, 3.63) is 29.8 Å². The Hall–Kier alpha value is -2.04. The van der Waals surface area contributed by atoms with Gasteiger partial charge in [0.25, 0.3) is 0 Å². The van der Waals surface area contributed by atoms with E-state index in [1.807, 2.05) is 24.3 Å². The fourth-order valence-electron chi connectivity index (χ4n) is 3.10. The van der Waals surface area contributed by atoms with Gasteiger partial charge in [-0.25, -0.2) is 0 Å². The standard InChI is InChI=1S/C19H27NO4/c1-2-3-12-24-15-10-8-14(9-11-15)13-20-18(21)16-6-4-5-7-17(16)19(22)23/h8-11,16-17H,2-7,12-13H2,1H3,(H,20,21)(H,22,23)/t16-,17-/m0/s1. The van der Waals surface area contributed by atoms with E-state index in [1.54, 1.807) is 0 Å². The van der Waals surface area contributed by atoms with E-state index in [4.69, 9.17) is 4.74 Å². The monoisotopic (exact) mass is 333 g/mol. The van der Waals surface area contributed by atoms with Gasteiger partial charge in [0, 0.05) is 6.54 Å². The van der Waals surface area contributed by atoms with Crippen LogP contribution in [0.5, 0.6) is 5.75 Å². The summed E-state index contributed by atoms with van der Waals surface area (Å²) < 4.78 is 5.61. The van der Waals surface area contributed by atoms with Crippen LogP contribution in [0.3, 0.4) is 0 Å². The second-order valence-electron chi connectivity index (χ2n) is 6.40. The van der Waals surface area contributed by atoms with Crippen LogP contribution >= 0.6 is 0 Å². The molecule has 0 aliphatic heterocycles. The molecule has 0 saturated heterocycles. The number of carboxylic acid groups (broad SMARTS) is 1. The summed E-state index contributed by atoms with van der Waals surface area (Å²) in [4.78, 5) is 23.6. The Morgan fingerprint density at radius 3 is 2.46 bits per heavy atom. The summed E-state index contributed by atoms with van der Waals surface area (Å²) in [5, 5.41) is 12.2. The minimum atomic E-state index is -0.858. The first-order chi connectivity index (χ1) is 11.6. The van der Waals surface area contributed by atoms with Gasteiger partial charge in [-0.2, -0.15) is 0 Å². The predicted octanol–water partition coefficient (Wildman–Crippen LogP) is 3.37. The lowest BCUT2D eigenvalue weighted by molar-refractivity contribution is -0.148. The molecular weight excluding hydrogens is 306 g/mol. The summed E-state index contributed by atoms with van der Waals surface area (Å²) in [6.07, 6.45) is 5.20. The first-order valence-corrected chi connectivity index (χ1v) is 8.84. The molecule has 1 aromatic rings. The highest BCUT2D eigenvalue weighted by Gasteiger charge is 2.35. The highest BCUT2D eigenvalue weighted by atomic mass is 16.5. The number of aliphatic carboxylic acids is 1. The largest absolute Gasteiger partial charge is 0.494 e. The normalized spacial score (nSPS) is 20.4. The molecule has 5 heteroatoms. The van der Waals surface area contributed by atoms with Gasteiger partial charge in [-0.05, 0) is 37.0 Å². The Morgan fingerprint density at radius 2 is 1.83 bits per heavy atom. The van der Waals surface area contributed by atoms with Crippen LogP contribution in [0.2, 0.25) is 0 Å². The molecule has 0 unspecified atom stereocenters. The smallest absolute Gasteiger partial charge is 0.307 e. The lowest BCUT2D eigenvalue weighted by atomic mass is 9.78. The highest BCUT2D eigenvalue weighted by Crippen LogP contribution is 2.30. The highest BCUT2D eigenvalue weighted by molar-refractivity contribution is 5.84. The van der Waals surface area contributed by atoms with Crippen LogP contribution in [0.1, 0.15) is 51.0 Å². The van der Waals surface area contributed by atoms with Crippen molar-refractivity contribution < 1.29 is 19.4 Å². The molecule has 24 heavy (non-hydrogen) atoms. The van der Waals surface area contributed by atoms with Crippen molar-refractivity contribution >= 4 is 11.9 Å². The third-order valence-corrected chi connectivity index (χ3v) is 4.58. The molecule has 1 saturated carbocycles. The Balaban J connectivity index is 1.83. The maximum absolute atomic E-state index is 12.3. The maximum atomic E-state index is 12.3. The third-order valence-electron chi connectivity index (χ3n) is 4.58. The average Bonchev–Trinajstić information content (AvgIpc) is 2.61. The molecule has 1 aliphatic carbocycles. The number of carbonyl (C=O) groups excluding carboxylic acids is 1.